The van der Waals surface area contributed by atoms with Crippen molar-refractivity contribution < 1.29 is 18.9 Å². The number of hydrogen-bond donors (Lipinski definition) is 1. The van der Waals surface area contributed by atoms with E-state index in [9.17, 15) is 4.79 Å². The third kappa shape index (κ3) is 5.09. The molecule has 0 unspecified atom stereocenters. The standard InChI is InChI=1S/C21H23N3O4/c1-4-9-26-17-7-5-16(6-8-17)20-21(24-28-23-20)22-19(25)13-27-18-11-14(2)10-15(3)12-18/h5-8,10-12H,4,9,13H2,1-3H3,(H,22,24,25). The zero-order valence-electron chi connectivity index (χ0n) is 16.2. The van der Waals surface area contributed by atoms with Crippen molar-refractivity contribution in [3.63, 3.8) is 0 Å². The van der Waals surface area contributed by atoms with Crippen LogP contribution in [0.1, 0.15) is 24.5 Å². The lowest BCUT2D eigenvalue weighted by molar-refractivity contribution is -0.118. The maximum Gasteiger partial charge on any atom is 0.263 e. The van der Waals surface area contributed by atoms with Crippen LogP contribution in [0.4, 0.5) is 5.82 Å². The average Bonchev–Trinajstić information content (AvgIpc) is 3.12. The van der Waals surface area contributed by atoms with Crippen molar-refractivity contribution in [2.75, 3.05) is 18.5 Å². The van der Waals surface area contributed by atoms with E-state index in [4.69, 9.17) is 14.1 Å². The summed E-state index contributed by atoms with van der Waals surface area (Å²) in [6.07, 6.45) is 0.940. The van der Waals surface area contributed by atoms with Crippen LogP contribution in [-0.4, -0.2) is 29.4 Å². The molecule has 0 bridgehead atoms. The van der Waals surface area contributed by atoms with Crippen LogP contribution >= 0.6 is 0 Å². The van der Waals surface area contributed by atoms with Gasteiger partial charge in [0.25, 0.3) is 5.91 Å². The molecule has 0 fully saturated rings. The van der Waals surface area contributed by atoms with E-state index in [0.717, 1.165) is 28.9 Å². The summed E-state index contributed by atoms with van der Waals surface area (Å²) in [5.74, 6) is 1.32. The van der Waals surface area contributed by atoms with Crippen LogP contribution < -0.4 is 14.8 Å². The van der Waals surface area contributed by atoms with Gasteiger partial charge in [0.1, 0.15) is 11.5 Å². The lowest BCUT2D eigenvalue weighted by Crippen LogP contribution is -2.20. The molecule has 0 aliphatic heterocycles. The van der Waals surface area contributed by atoms with Gasteiger partial charge in [-0.05, 0) is 78.1 Å². The fourth-order valence-corrected chi connectivity index (χ4v) is 2.72. The number of amides is 1. The van der Waals surface area contributed by atoms with Gasteiger partial charge in [0.2, 0.25) is 5.82 Å². The molecular weight excluding hydrogens is 358 g/mol. The minimum Gasteiger partial charge on any atom is -0.494 e. The van der Waals surface area contributed by atoms with Gasteiger partial charge >= 0.3 is 0 Å². The topological polar surface area (TPSA) is 86.5 Å². The van der Waals surface area contributed by atoms with E-state index in [0.29, 0.717) is 18.1 Å². The number of benzene rings is 2. The summed E-state index contributed by atoms with van der Waals surface area (Å²) in [5.41, 5.74) is 3.35. The van der Waals surface area contributed by atoms with E-state index in [-0.39, 0.29) is 18.3 Å². The molecule has 1 amide bonds. The molecule has 28 heavy (non-hydrogen) atoms. The monoisotopic (exact) mass is 381 g/mol. The van der Waals surface area contributed by atoms with E-state index >= 15 is 0 Å². The largest absolute Gasteiger partial charge is 0.494 e. The molecule has 0 aliphatic rings. The first-order valence-corrected chi connectivity index (χ1v) is 9.12. The van der Waals surface area contributed by atoms with E-state index in [1.165, 1.54) is 0 Å². The van der Waals surface area contributed by atoms with Crippen molar-refractivity contribution in [2.24, 2.45) is 0 Å². The van der Waals surface area contributed by atoms with Crippen molar-refractivity contribution in [1.29, 1.82) is 0 Å². The highest BCUT2D eigenvalue weighted by Gasteiger charge is 2.15. The zero-order valence-corrected chi connectivity index (χ0v) is 16.2. The Hall–Kier alpha value is -3.35. The molecule has 3 rings (SSSR count). The van der Waals surface area contributed by atoms with Crippen LogP contribution in [-0.2, 0) is 4.79 Å². The van der Waals surface area contributed by atoms with Gasteiger partial charge in [0, 0.05) is 5.56 Å². The second kappa shape index (κ2) is 9.03. The van der Waals surface area contributed by atoms with Crippen LogP contribution in [0, 0.1) is 13.8 Å². The number of carbonyl (C=O) groups is 1. The Kier molecular flexibility index (Phi) is 6.26. The second-order valence-corrected chi connectivity index (χ2v) is 6.49. The first-order valence-electron chi connectivity index (χ1n) is 9.12. The summed E-state index contributed by atoms with van der Waals surface area (Å²) in [7, 11) is 0. The minimum absolute atomic E-state index is 0.140. The van der Waals surface area contributed by atoms with Gasteiger partial charge in [0.15, 0.2) is 12.3 Å². The van der Waals surface area contributed by atoms with Crippen molar-refractivity contribution >= 4 is 11.7 Å². The Morgan fingerprint density at radius 3 is 2.39 bits per heavy atom. The Bertz CT molecular complexity index is 915. The minimum atomic E-state index is -0.348. The SMILES string of the molecule is CCCOc1ccc(-c2nonc2NC(=O)COc2cc(C)cc(C)c2)cc1. The maximum atomic E-state index is 12.2. The predicted octanol–water partition coefficient (Wildman–Crippen LogP) is 4.16. The van der Waals surface area contributed by atoms with E-state index in [1.807, 2.05) is 63.2 Å². The van der Waals surface area contributed by atoms with Gasteiger partial charge in [-0.3, -0.25) is 4.79 Å². The van der Waals surface area contributed by atoms with Gasteiger partial charge in [0.05, 0.1) is 6.61 Å². The van der Waals surface area contributed by atoms with Crippen LogP contribution in [0.5, 0.6) is 11.5 Å². The first kappa shape index (κ1) is 19.4. The van der Waals surface area contributed by atoms with E-state index in [1.54, 1.807) is 0 Å². The summed E-state index contributed by atoms with van der Waals surface area (Å²) in [4.78, 5) is 12.2. The Balaban J connectivity index is 1.62. The van der Waals surface area contributed by atoms with Gasteiger partial charge in [-0.1, -0.05) is 13.0 Å². The molecule has 2 aromatic carbocycles. The highest BCUT2D eigenvalue weighted by atomic mass is 16.6. The molecule has 0 saturated heterocycles. The summed E-state index contributed by atoms with van der Waals surface area (Å²) < 4.78 is 15.9. The summed E-state index contributed by atoms with van der Waals surface area (Å²) >= 11 is 0. The molecule has 7 nitrogen and oxygen atoms in total. The van der Waals surface area contributed by atoms with Crippen molar-refractivity contribution in [2.45, 2.75) is 27.2 Å². The fourth-order valence-electron chi connectivity index (χ4n) is 2.72. The fraction of sp³-hybridized carbons (Fsp3) is 0.286. The summed E-state index contributed by atoms with van der Waals surface area (Å²) in [6.45, 7) is 6.53. The third-order valence-electron chi connectivity index (χ3n) is 3.91. The number of nitrogens with one attached hydrogen (secondary N) is 1. The molecule has 1 heterocycles. The molecule has 1 N–H and O–H groups in total. The van der Waals surface area contributed by atoms with Gasteiger partial charge < -0.3 is 14.8 Å². The Morgan fingerprint density at radius 2 is 1.71 bits per heavy atom. The van der Waals surface area contributed by atoms with Gasteiger partial charge in [-0.15, -0.1) is 0 Å². The molecule has 7 heteroatoms. The van der Waals surface area contributed by atoms with Gasteiger partial charge in [-0.25, -0.2) is 4.63 Å². The maximum absolute atomic E-state index is 12.2. The first-order chi connectivity index (χ1) is 13.5. The highest BCUT2D eigenvalue weighted by molar-refractivity contribution is 5.94. The second-order valence-electron chi connectivity index (χ2n) is 6.49. The number of aryl methyl sites for hydroxylation is 2. The Labute approximate surface area is 163 Å². The van der Waals surface area contributed by atoms with Crippen LogP contribution in [0.3, 0.4) is 0 Å². The number of carbonyl (C=O) groups excluding carboxylic acids is 1. The average molecular weight is 381 g/mol. The zero-order chi connectivity index (χ0) is 19.9. The third-order valence-corrected chi connectivity index (χ3v) is 3.91. The molecule has 0 spiro atoms. The smallest absolute Gasteiger partial charge is 0.263 e. The molecule has 0 saturated carbocycles. The van der Waals surface area contributed by atoms with Crippen molar-refractivity contribution in [1.82, 2.24) is 10.3 Å². The van der Waals surface area contributed by atoms with Gasteiger partial charge in [-0.2, -0.15) is 0 Å². The van der Waals surface area contributed by atoms with E-state index in [2.05, 4.69) is 15.6 Å². The molecule has 0 aliphatic carbocycles. The number of anilines is 1. The molecular formula is C21H23N3O4. The lowest BCUT2D eigenvalue weighted by atomic mass is 10.1. The summed E-state index contributed by atoms with van der Waals surface area (Å²) in [6, 6.07) is 13.2. The van der Waals surface area contributed by atoms with E-state index < -0.39 is 0 Å². The number of rotatable bonds is 8. The summed E-state index contributed by atoms with van der Waals surface area (Å²) in [5, 5.41) is 10.3. The van der Waals surface area contributed by atoms with Crippen LogP contribution in [0.25, 0.3) is 11.3 Å². The lowest BCUT2D eigenvalue weighted by Gasteiger charge is -2.08. The predicted molar refractivity (Wildman–Crippen MR) is 106 cm³/mol. The van der Waals surface area contributed by atoms with Crippen LogP contribution in [0.15, 0.2) is 47.1 Å². The quantitative estimate of drug-likeness (QED) is 0.630. The number of hydrogen-bond acceptors (Lipinski definition) is 6. The molecule has 3 aromatic rings. The number of aromatic nitrogens is 2. The molecule has 0 atom stereocenters. The van der Waals surface area contributed by atoms with Crippen molar-refractivity contribution in [3.05, 3.63) is 53.6 Å². The number of nitrogens with zero attached hydrogens (tertiary/aromatic N) is 2. The van der Waals surface area contributed by atoms with Crippen LogP contribution in [0.2, 0.25) is 0 Å². The normalized spacial score (nSPS) is 10.5. The molecule has 146 valence electrons. The molecule has 1 aromatic heterocycles. The molecule has 0 radical (unpaired) electrons. The van der Waals surface area contributed by atoms with Crippen molar-refractivity contribution in [3.8, 4) is 22.8 Å². The highest BCUT2D eigenvalue weighted by Crippen LogP contribution is 2.26. The Morgan fingerprint density at radius 1 is 1.00 bits per heavy atom. The number of ether oxygens (including phenoxy) is 2.